The Morgan fingerprint density at radius 1 is 1.24 bits per heavy atom. The first-order valence-electron chi connectivity index (χ1n) is 6.93. The minimum atomic E-state index is -0.755. The molecule has 0 radical (unpaired) electrons. The first kappa shape index (κ1) is 13.5. The third-order valence-corrected chi connectivity index (χ3v) is 3.92. The summed E-state index contributed by atoms with van der Waals surface area (Å²) in [6, 6.07) is 1.81. The number of aromatic nitrogens is 3. The Hall–Kier alpha value is -2.44. The fraction of sp³-hybridized carbons (Fsp3) is 0.429. The number of carbonyl (C=O) groups is 2. The summed E-state index contributed by atoms with van der Waals surface area (Å²) < 4.78 is 4.98. The zero-order valence-electron chi connectivity index (χ0n) is 11.4. The highest BCUT2D eigenvalue weighted by Crippen LogP contribution is 2.29. The predicted molar refractivity (Wildman–Crippen MR) is 74.6 cm³/mol. The molecule has 0 atom stereocenters. The molecule has 2 aromatic heterocycles. The van der Waals surface area contributed by atoms with Gasteiger partial charge in [-0.2, -0.15) is 0 Å². The summed E-state index contributed by atoms with van der Waals surface area (Å²) in [6.45, 7) is 0. The van der Waals surface area contributed by atoms with E-state index < -0.39 is 6.09 Å². The van der Waals surface area contributed by atoms with Gasteiger partial charge in [0.25, 0.3) is 0 Å². The lowest BCUT2D eigenvalue weighted by Crippen LogP contribution is -2.30. The van der Waals surface area contributed by atoms with Crippen molar-refractivity contribution >= 4 is 22.9 Å². The first-order valence-corrected chi connectivity index (χ1v) is 6.93. The van der Waals surface area contributed by atoms with Crippen molar-refractivity contribution in [2.75, 3.05) is 0 Å². The number of nitrogens with zero attached hydrogens (tertiary/aromatic N) is 2. The number of aromatic amines is 1. The molecule has 1 saturated carbocycles. The van der Waals surface area contributed by atoms with Crippen LogP contribution in [0.2, 0.25) is 0 Å². The molecule has 21 heavy (non-hydrogen) atoms. The van der Waals surface area contributed by atoms with Gasteiger partial charge >= 0.3 is 6.09 Å². The number of ketones is 1. The van der Waals surface area contributed by atoms with Crippen molar-refractivity contribution in [3.63, 3.8) is 0 Å². The number of hydrogen-bond acceptors (Lipinski definition) is 5. The molecular weight excluding hydrogens is 272 g/mol. The average molecular weight is 288 g/mol. The smallest absolute Gasteiger partial charge is 0.404 e. The molecule has 3 N–H and O–H groups in total. The van der Waals surface area contributed by atoms with Crippen molar-refractivity contribution in [2.45, 2.75) is 31.8 Å². The number of H-pyrrole nitrogens is 1. The lowest BCUT2D eigenvalue weighted by atomic mass is 9.83. The minimum Gasteiger partial charge on any atom is -0.446 e. The van der Waals surface area contributed by atoms with Crippen LogP contribution in [0.1, 0.15) is 36.2 Å². The zero-order chi connectivity index (χ0) is 14.8. The van der Waals surface area contributed by atoms with Gasteiger partial charge in [-0.15, -0.1) is 0 Å². The van der Waals surface area contributed by atoms with Crippen LogP contribution in [0.4, 0.5) is 4.79 Å². The summed E-state index contributed by atoms with van der Waals surface area (Å²) in [6.07, 6.45) is 4.86. The molecule has 7 nitrogen and oxygen atoms in total. The summed E-state index contributed by atoms with van der Waals surface area (Å²) in [7, 11) is 0. The zero-order valence-corrected chi connectivity index (χ0v) is 11.4. The van der Waals surface area contributed by atoms with Crippen molar-refractivity contribution in [1.29, 1.82) is 0 Å². The lowest BCUT2D eigenvalue weighted by Gasteiger charge is -2.26. The van der Waals surface area contributed by atoms with Crippen LogP contribution in [0.3, 0.4) is 0 Å². The Labute approximate surface area is 120 Å². The van der Waals surface area contributed by atoms with Crippen LogP contribution in [-0.4, -0.2) is 32.9 Å². The van der Waals surface area contributed by atoms with Gasteiger partial charge in [0, 0.05) is 17.5 Å². The minimum absolute atomic E-state index is 0.0273. The van der Waals surface area contributed by atoms with E-state index in [2.05, 4.69) is 15.0 Å². The van der Waals surface area contributed by atoms with Crippen LogP contribution >= 0.6 is 0 Å². The van der Waals surface area contributed by atoms with E-state index >= 15 is 0 Å². The lowest BCUT2D eigenvalue weighted by molar-refractivity contribution is 0.0630. The monoisotopic (exact) mass is 288 g/mol. The molecule has 1 amide bonds. The Kier molecular flexibility index (Phi) is 3.55. The van der Waals surface area contributed by atoms with E-state index in [4.69, 9.17) is 10.5 Å². The highest BCUT2D eigenvalue weighted by molar-refractivity contribution is 6.05. The van der Waals surface area contributed by atoms with Gasteiger partial charge in [0.05, 0.1) is 0 Å². The van der Waals surface area contributed by atoms with Crippen molar-refractivity contribution in [2.24, 2.45) is 11.7 Å². The highest BCUT2D eigenvalue weighted by atomic mass is 16.6. The highest BCUT2D eigenvalue weighted by Gasteiger charge is 2.30. The van der Waals surface area contributed by atoms with E-state index in [1.165, 1.54) is 6.33 Å². The normalized spacial score (nSPS) is 22.1. The fourth-order valence-electron chi connectivity index (χ4n) is 2.87. The molecule has 0 saturated heterocycles. The van der Waals surface area contributed by atoms with Gasteiger partial charge < -0.3 is 15.5 Å². The van der Waals surface area contributed by atoms with Gasteiger partial charge in [0.2, 0.25) is 0 Å². The molecule has 3 rings (SSSR count). The van der Waals surface area contributed by atoms with Gasteiger partial charge in [0.1, 0.15) is 23.8 Å². The molecule has 110 valence electrons. The van der Waals surface area contributed by atoms with Crippen LogP contribution in [0.15, 0.2) is 18.6 Å². The predicted octanol–water partition coefficient (Wildman–Crippen LogP) is 1.79. The van der Waals surface area contributed by atoms with E-state index in [1.807, 2.05) is 6.07 Å². The van der Waals surface area contributed by atoms with Crippen LogP contribution < -0.4 is 5.73 Å². The second-order valence-electron chi connectivity index (χ2n) is 5.24. The van der Waals surface area contributed by atoms with E-state index in [1.54, 1.807) is 6.20 Å². The second-order valence-corrected chi connectivity index (χ2v) is 5.24. The summed E-state index contributed by atoms with van der Waals surface area (Å²) in [4.78, 5) is 34.5. The maximum atomic E-state index is 12.6. The van der Waals surface area contributed by atoms with E-state index in [0.29, 0.717) is 37.0 Å². The van der Waals surface area contributed by atoms with Gasteiger partial charge in [-0.3, -0.25) is 4.79 Å². The Bertz CT molecular complexity index is 674. The topological polar surface area (TPSA) is 111 Å². The summed E-state index contributed by atoms with van der Waals surface area (Å²) >= 11 is 0. The summed E-state index contributed by atoms with van der Waals surface area (Å²) in [5, 5.41) is 0.748. The molecule has 0 unspecified atom stereocenters. The molecule has 1 fully saturated rings. The van der Waals surface area contributed by atoms with E-state index in [0.717, 1.165) is 5.39 Å². The standard InChI is InChI=1S/C14H16N4O3/c15-14(20)21-9-3-1-8(2-4-9)12(19)11-10-5-6-16-13(10)18-7-17-11/h5-9H,1-4H2,(H2,15,20)(H,16,17,18). The average Bonchev–Trinajstić information content (AvgIpc) is 2.95. The Balaban J connectivity index is 1.72. The van der Waals surface area contributed by atoms with Crippen LogP contribution in [0, 0.1) is 5.92 Å². The van der Waals surface area contributed by atoms with Gasteiger partial charge in [-0.25, -0.2) is 14.8 Å². The number of hydrogen-bond donors (Lipinski definition) is 2. The number of primary amides is 1. The summed E-state index contributed by atoms with van der Waals surface area (Å²) in [5.41, 5.74) is 6.14. The van der Waals surface area contributed by atoms with E-state index in [-0.39, 0.29) is 17.8 Å². The number of amides is 1. The fourth-order valence-corrected chi connectivity index (χ4v) is 2.87. The van der Waals surface area contributed by atoms with Crippen molar-refractivity contribution in [3.05, 3.63) is 24.3 Å². The van der Waals surface area contributed by atoms with Crippen LogP contribution in [0.5, 0.6) is 0 Å². The number of ether oxygens (including phenoxy) is 1. The maximum Gasteiger partial charge on any atom is 0.404 e. The van der Waals surface area contributed by atoms with Crippen molar-refractivity contribution < 1.29 is 14.3 Å². The molecule has 7 heteroatoms. The molecule has 2 heterocycles. The molecule has 0 aliphatic heterocycles. The SMILES string of the molecule is NC(=O)OC1CCC(C(=O)c2ncnc3[nH]ccc23)CC1. The van der Waals surface area contributed by atoms with Crippen LogP contribution in [-0.2, 0) is 4.74 Å². The molecule has 1 aliphatic rings. The Morgan fingerprint density at radius 2 is 2.00 bits per heavy atom. The van der Waals surface area contributed by atoms with Gasteiger partial charge in [-0.1, -0.05) is 0 Å². The quantitative estimate of drug-likeness (QED) is 0.836. The van der Waals surface area contributed by atoms with Crippen LogP contribution in [0.25, 0.3) is 11.0 Å². The maximum absolute atomic E-state index is 12.6. The number of carbonyl (C=O) groups excluding carboxylic acids is 2. The number of Topliss-reactive ketones (excluding diaryl/α,β-unsaturated/α-hetero) is 1. The number of nitrogens with one attached hydrogen (secondary N) is 1. The van der Waals surface area contributed by atoms with Gasteiger partial charge in [0.15, 0.2) is 5.78 Å². The van der Waals surface area contributed by atoms with Crippen molar-refractivity contribution in [3.8, 4) is 0 Å². The largest absolute Gasteiger partial charge is 0.446 e. The Morgan fingerprint density at radius 3 is 2.71 bits per heavy atom. The molecule has 2 aromatic rings. The van der Waals surface area contributed by atoms with E-state index in [9.17, 15) is 9.59 Å². The van der Waals surface area contributed by atoms with Gasteiger partial charge in [-0.05, 0) is 31.7 Å². The third kappa shape index (κ3) is 2.72. The first-order chi connectivity index (χ1) is 10.1. The molecular formula is C14H16N4O3. The van der Waals surface area contributed by atoms with Crippen molar-refractivity contribution in [1.82, 2.24) is 15.0 Å². The second kappa shape index (κ2) is 5.51. The molecule has 0 spiro atoms. The molecule has 0 aromatic carbocycles. The number of fused-ring (bicyclic) bond motifs is 1. The summed E-state index contributed by atoms with van der Waals surface area (Å²) in [5.74, 6) is -0.0646. The third-order valence-electron chi connectivity index (χ3n) is 3.92. The number of rotatable bonds is 3. The molecule has 0 bridgehead atoms. The molecule has 1 aliphatic carbocycles. The number of nitrogens with two attached hydrogens (primary N) is 1.